The number of nitrogens with zero attached hydrogens (tertiary/aromatic N) is 1. The van der Waals surface area contributed by atoms with E-state index in [9.17, 15) is 5.26 Å². The van der Waals surface area contributed by atoms with Crippen molar-refractivity contribution in [1.29, 1.82) is 5.26 Å². The molecule has 1 rings (SSSR count). The maximum absolute atomic E-state index is 9.69. The lowest BCUT2D eigenvalue weighted by Crippen LogP contribution is -2.44. The van der Waals surface area contributed by atoms with Crippen molar-refractivity contribution >= 4 is 16.6 Å². The highest BCUT2D eigenvalue weighted by Crippen LogP contribution is 2.40. The molecule has 0 fully saturated rings. The van der Waals surface area contributed by atoms with Gasteiger partial charge in [-0.25, -0.2) is 0 Å². The summed E-state index contributed by atoms with van der Waals surface area (Å²) in [6.45, 7) is 22.7. The zero-order valence-electron chi connectivity index (χ0n) is 20.4. The minimum absolute atomic E-state index is 0.0974. The quantitative estimate of drug-likeness (QED) is 0.422. The minimum atomic E-state index is -1.99. The Morgan fingerprint density at radius 1 is 0.931 bits per heavy atom. The molecular formula is C23H41NO3Si2. The van der Waals surface area contributed by atoms with Gasteiger partial charge in [0.15, 0.2) is 14.1 Å². The Balaban J connectivity index is 3.00. The van der Waals surface area contributed by atoms with Crippen LogP contribution in [0.15, 0.2) is 18.2 Å². The van der Waals surface area contributed by atoms with E-state index in [4.69, 9.17) is 13.6 Å². The van der Waals surface area contributed by atoms with Crippen LogP contribution in [0.1, 0.15) is 47.1 Å². The lowest BCUT2D eigenvalue weighted by molar-refractivity contribution is 0.253. The second-order valence-electron chi connectivity index (χ2n) is 10.9. The van der Waals surface area contributed by atoms with E-state index >= 15 is 0 Å². The van der Waals surface area contributed by atoms with Crippen LogP contribution in [0.5, 0.6) is 11.5 Å². The third-order valence-electron chi connectivity index (χ3n) is 6.52. The Kier molecular flexibility index (Phi) is 8.20. The topological polar surface area (TPSA) is 51.5 Å². The molecule has 0 N–H and O–H groups in total. The van der Waals surface area contributed by atoms with Gasteiger partial charge in [-0.3, -0.25) is 0 Å². The summed E-state index contributed by atoms with van der Waals surface area (Å²) in [6.07, 6.45) is 0.642. The highest BCUT2D eigenvalue weighted by atomic mass is 28.4. The van der Waals surface area contributed by atoms with Crippen molar-refractivity contribution in [2.75, 3.05) is 13.7 Å². The van der Waals surface area contributed by atoms with E-state index in [1.807, 2.05) is 18.2 Å². The number of rotatable bonds is 8. The van der Waals surface area contributed by atoms with Crippen LogP contribution in [-0.4, -0.2) is 30.4 Å². The van der Waals surface area contributed by atoms with Crippen molar-refractivity contribution in [2.24, 2.45) is 5.92 Å². The molecular weight excluding hydrogens is 394 g/mol. The molecule has 0 heterocycles. The molecule has 0 radical (unpaired) electrons. The van der Waals surface area contributed by atoms with Gasteiger partial charge in [0.2, 0.25) is 0 Å². The summed E-state index contributed by atoms with van der Waals surface area (Å²) < 4.78 is 18.3. The summed E-state index contributed by atoms with van der Waals surface area (Å²) in [4.78, 5) is 0. The number of hydrogen-bond acceptors (Lipinski definition) is 4. The van der Waals surface area contributed by atoms with Crippen LogP contribution in [0.2, 0.25) is 36.3 Å². The minimum Gasteiger partial charge on any atom is -0.541 e. The largest absolute Gasteiger partial charge is 0.541 e. The summed E-state index contributed by atoms with van der Waals surface area (Å²) in [5.74, 6) is 1.33. The van der Waals surface area contributed by atoms with Crippen LogP contribution >= 0.6 is 0 Å². The van der Waals surface area contributed by atoms with Gasteiger partial charge in [0, 0.05) is 0 Å². The third-order valence-corrected chi connectivity index (χ3v) is 15.4. The second-order valence-corrected chi connectivity index (χ2v) is 20.5. The van der Waals surface area contributed by atoms with Gasteiger partial charge in [-0.05, 0) is 60.4 Å². The lowest BCUT2D eigenvalue weighted by Gasteiger charge is -2.37. The summed E-state index contributed by atoms with van der Waals surface area (Å²) in [5, 5.41) is 9.92. The Morgan fingerprint density at radius 2 is 1.48 bits per heavy atom. The van der Waals surface area contributed by atoms with Crippen LogP contribution < -0.4 is 9.16 Å². The summed E-state index contributed by atoms with van der Waals surface area (Å²) in [7, 11) is -2.19. The Hall–Kier alpha value is -1.30. The monoisotopic (exact) mass is 435 g/mol. The van der Waals surface area contributed by atoms with Crippen LogP contribution in [-0.2, 0) is 10.8 Å². The van der Waals surface area contributed by atoms with Crippen LogP contribution in [0.25, 0.3) is 0 Å². The standard InChI is InChI=1S/C23H41NO3Si2/c1-22(2,3)28(8,9)26-17-19(16-24)14-18-12-13-20(25-7)21(15-18)27-29(10,11)23(4,5)6/h12-13,15,19H,14,17H2,1-11H3. The van der Waals surface area contributed by atoms with Gasteiger partial charge >= 0.3 is 0 Å². The normalized spacial score (nSPS) is 14.3. The fourth-order valence-electron chi connectivity index (χ4n) is 2.31. The predicted octanol–water partition coefficient (Wildman–Crippen LogP) is 6.78. The molecule has 6 heteroatoms. The molecule has 0 bridgehead atoms. The van der Waals surface area contributed by atoms with E-state index in [0.717, 1.165) is 17.1 Å². The molecule has 0 saturated carbocycles. The number of nitriles is 1. The SMILES string of the molecule is COc1ccc(CC(C#N)CO[Si](C)(C)C(C)(C)C)cc1O[Si](C)(C)C(C)(C)C. The van der Waals surface area contributed by atoms with E-state index < -0.39 is 16.6 Å². The fraction of sp³-hybridized carbons (Fsp3) is 0.696. The molecule has 0 aliphatic heterocycles. The zero-order valence-corrected chi connectivity index (χ0v) is 22.4. The summed E-state index contributed by atoms with van der Waals surface area (Å²) in [6, 6.07) is 8.43. The van der Waals surface area contributed by atoms with Gasteiger partial charge in [-0.15, -0.1) is 0 Å². The average molecular weight is 436 g/mol. The lowest BCUT2D eigenvalue weighted by atomic mass is 10.0. The smallest absolute Gasteiger partial charge is 0.250 e. The molecule has 1 unspecified atom stereocenters. The number of ether oxygens (including phenoxy) is 1. The Labute approximate surface area is 180 Å². The number of hydrogen-bond donors (Lipinski definition) is 0. The second kappa shape index (κ2) is 9.24. The van der Waals surface area contributed by atoms with E-state index in [0.29, 0.717) is 13.0 Å². The van der Waals surface area contributed by atoms with Crippen molar-refractivity contribution in [2.45, 2.75) is 84.2 Å². The zero-order chi connectivity index (χ0) is 22.7. The van der Waals surface area contributed by atoms with Crippen LogP contribution in [0.4, 0.5) is 0 Å². The third kappa shape index (κ3) is 6.87. The Morgan fingerprint density at radius 3 is 1.93 bits per heavy atom. The molecule has 0 aliphatic rings. The predicted molar refractivity (Wildman–Crippen MR) is 127 cm³/mol. The fourth-order valence-corrected chi connectivity index (χ4v) is 4.37. The van der Waals surface area contributed by atoms with Crippen molar-refractivity contribution in [3.05, 3.63) is 23.8 Å². The molecule has 0 aromatic heterocycles. The summed E-state index contributed by atoms with van der Waals surface area (Å²) >= 11 is 0. The number of benzene rings is 1. The molecule has 1 atom stereocenters. The molecule has 0 saturated heterocycles. The Bertz CT molecular complexity index is 725. The molecule has 1 aromatic rings. The molecule has 0 aliphatic carbocycles. The first-order chi connectivity index (χ1) is 13.0. The van der Waals surface area contributed by atoms with Gasteiger partial charge in [0.05, 0.1) is 25.7 Å². The molecule has 0 amide bonds. The van der Waals surface area contributed by atoms with E-state index in [1.165, 1.54) is 0 Å². The molecule has 4 nitrogen and oxygen atoms in total. The molecule has 29 heavy (non-hydrogen) atoms. The number of methoxy groups -OCH3 is 1. The average Bonchev–Trinajstić information content (AvgIpc) is 2.56. The highest BCUT2D eigenvalue weighted by Gasteiger charge is 2.40. The molecule has 0 spiro atoms. The van der Waals surface area contributed by atoms with Crippen molar-refractivity contribution in [3.8, 4) is 17.6 Å². The van der Waals surface area contributed by atoms with Crippen molar-refractivity contribution in [3.63, 3.8) is 0 Å². The van der Waals surface area contributed by atoms with Gasteiger partial charge < -0.3 is 13.6 Å². The summed E-state index contributed by atoms with van der Waals surface area (Å²) in [5.41, 5.74) is 1.07. The first-order valence-electron chi connectivity index (χ1n) is 10.4. The maximum atomic E-state index is 9.69. The van der Waals surface area contributed by atoms with Crippen molar-refractivity contribution in [1.82, 2.24) is 0 Å². The molecule has 1 aromatic carbocycles. The molecule has 164 valence electrons. The first-order valence-corrected chi connectivity index (χ1v) is 16.3. The van der Waals surface area contributed by atoms with E-state index in [2.05, 4.69) is 73.8 Å². The van der Waals surface area contributed by atoms with E-state index in [-0.39, 0.29) is 16.0 Å². The van der Waals surface area contributed by atoms with Gasteiger partial charge in [0.1, 0.15) is 5.75 Å². The van der Waals surface area contributed by atoms with Gasteiger partial charge in [-0.1, -0.05) is 47.6 Å². The highest BCUT2D eigenvalue weighted by molar-refractivity contribution is 6.75. The van der Waals surface area contributed by atoms with Crippen LogP contribution in [0, 0.1) is 17.2 Å². The maximum Gasteiger partial charge on any atom is 0.250 e. The van der Waals surface area contributed by atoms with E-state index in [1.54, 1.807) is 7.11 Å². The van der Waals surface area contributed by atoms with Gasteiger partial charge in [0.25, 0.3) is 8.32 Å². The first kappa shape index (κ1) is 25.7. The van der Waals surface area contributed by atoms with Crippen LogP contribution in [0.3, 0.4) is 0 Å². The van der Waals surface area contributed by atoms with Gasteiger partial charge in [-0.2, -0.15) is 5.26 Å². The van der Waals surface area contributed by atoms with Crippen molar-refractivity contribution < 1.29 is 13.6 Å².